The quantitative estimate of drug-likeness (QED) is 0.744. The van der Waals surface area contributed by atoms with Crippen LogP contribution < -0.4 is 5.32 Å². The van der Waals surface area contributed by atoms with E-state index >= 15 is 0 Å². The number of nitrogens with one attached hydrogen (secondary N) is 1. The van der Waals surface area contributed by atoms with Gasteiger partial charge >= 0.3 is 0 Å². The Labute approximate surface area is 98.1 Å². The van der Waals surface area contributed by atoms with Crippen LogP contribution in [0.4, 0.5) is 0 Å². The number of carbonyl (C=O) groups is 1. The highest BCUT2D eigenvalue weighted by Crippen LogP contribution is 2.09. The second-order valence-corrected chi connectivity index (χ2v) is 4.37. The molecule has 0 unspecified atom stereocenters. The molecule has 0 aliphatic carbocycles. The topological polar surface area (TPSA) is 29.1 Å². The molecule has 0 aliphatic rings. The second kappa shape index (κ2) is 6.44. The van der Waals surface area contributed by atoms with Crippen molar-refractivity contribution in [2.75, 3.05) is 13.1 Å². The van der Waals surface area contributed by atoms with E-state index in [0.717, 1.165) is 19.5 Å². The van der Waals surface area contributed by atoms with Crippen LogP contribution in [0.1, 0.15) is 30.0 Å². The van der Waals surface area contributed by atoms with E-state index in [1.807, 2.05) is 0 Å². The van der Waals surface area contributed by atoms with Crippen LogP contribution in [0.15, 0.2) is 18.2 Å². The summed E-state index contributed by atoms with van der Waals surface area (Å²) in [6, 6.07) is 6.58. The van der Waals surface area contributed by atoms with Gasteiger partial charge in [-0.2, -0.15) is 0 Å². The lowest BCUT2D eigenvalue weighted by Gasteiger charge is -2.06. The summed E-state index contributed by atoms with van der Waals surface area (Å²) in [5.74, 6) is 0.249. The van der Waals surface area contributed by atoms with E-state index in [2.05, 4.69) is 37.4 Å². The Morgan fingerprint density at radius 2 is 1.94 bits per heavy atom. The van der Waals surface area contributed by atoms with Gasteiger partial charge in [-0.25, -0.2) is 0 Å². The summed E-state index contributed by atoms with van der Waals surface area (Å²) in [4.78, 5) is 10.7. The summed E-state index contributed by atoms with van der Waals surface area (Å²) in [5, 5.41) is 3.28. The van der Waals surface area contributed by atoms with E-state index in [1.54, 1.807) is 6.92 Å². The van der Waals surface area contributed by atoms with Crippen molar-refractivity contribution in [3.63, 3.8) is 0 Å². The SMILES string of the molecule is CC(=O)CCNCCc1ccc(C)c(C)c1. The van der Waals surface area contributed by atoms with Gasteiger partial charge in [0.25, 0.3) is 0 Å². The van der Waals surface area contributed by atoms with Crippen molar-refractivity contribution in [2.24, 2.45) is 0 Å². The summed E-state index contributed by atoms with van der Waals surface area (Å²) in [5.41, 5.74) is 4.05. The molecule has 0 fully saturated rings. The minimum Gasteiger partial charge on any atom is -0.316 e. The standard InChI is InChI=1S/C14H21NO/c1-11-4-5-14(10-12(11)2)7-9-15-8-6-13(3)16/h4-5,10,15H,6-9H2,1-3H3. The van der Waals surface area contributed by atoms with Crippen molar-refractivity contribution in [2.45, 2.75) is 33.6 Å². The average molecular weight is 219 g/mol. The fourth-order valence-corrected chi connectivity index (χ4v) is 1.58. The number of benzene rings is 1. The first-order valence-corrected chi connectivity index (χ1v) is 5.86. The molecule has 1 aromatic rings. The molecule has 1 aromatic carbocycles. The van der Waals surface area contributed by atoms with Gasteiger partial charge in [-0.3, -0.25) is 4.79 Å². The fourth-order valence-electron chi connectivity index (χ4n) is 1.58. The third-order valence-electron chi connectivity index (χ3n) is 2.82. The molecule has 0 aromatic heterocycles. The van der Waals surface area contributed by atoms with Crippen molar-refractivity contribution >= 4 is 5.78 Å². The minimum absolute atomic E-state index is 0.249. The number of aryl methyl sites for hydroxylation is 2. The Morgan fingerprint density at radius 3 is 2.56 bits per heavy atom. The van der Waals surface area contributed by atoms with Gasteiger partial charge in [0.05, 0.1) is 0 Å². The minimum atomic E-state index is 0.249. The summed E-state index contributed by atoms with van der Waals surface area (Å²) in [6.45, 7) is 7.63. The van der Waals surface area contributed by atoms with E-state index in [4.69, 9.17) is 0 Å². The van der Waals surface area contributed by atoms with Crippen LogP contribution in [0.2, 0.25) is 0 Å². The lowest BCUT2D eigenvalue weighted by molar-refractivity contribution is -0.116. The first-order chi connectivity index (χ1) is 7.59. The predicted molar refractivity (Wildman–Crippen MR) is 67.8 cm³/mol. The molecule has 2 nitrogen and oxygen atoms in total. The molecule has 1 N–H and O–H groups in total. The van der Waals surface area contributed by atoms with Gasteiger partial charge in [0.15, 0.2) is 0 Å². The molecule has 88 valence electrons. The van der Waals surface area contributed by atoms with Gasteiger partial charge in [-0.1, -0.05) is 18.2 Å². The maximum Gasteiger partial charge on any atom is 0.131 e. The highest BCUT2D eigenvalue weighted by Gasteiger charge is 1.97. The zero-order valence-electron chi connectivity index (χ0n) is 10.5. The van der Waals surface area contributed by atoms with Crippen molar-refractivity contribution in [1.29, 1.82) is 0 Å². The molecule has 0 saturated carbocycles. The Kier molecular flexibility index (Phi) is 5.20. The number of ketones is 1. The van der Waals surface area contributed by atoms with Crippen molar-refractivity contribution in [3.8, 4) is 0 Å². The first kappa shape index (κ1) is 12.9. The molecular formula is C14H21NO. The third-order valence-corrected chi connectivity index (χ3v) is 2.82. The maximum absolute atomic E-state index is 10.7. The molecule has 0 bridgehead atoms. The van der Waals surface area contributed by atoms with Gasteiger partial charge in [-0.05, 0) is 50.4 Å². The van der Waals surface area contributed by atoms with Crippen molar-refractivity contribution < 1.29 is 4.79 Å². The van der Waals surface area contributed by atoms with Crippen molar-refractivity contribution in [1.82, 2.24) is 5.32 Å². The van der Waals surface area contributed by atoms with Gasteiger partial charge < -0.3 is 5.32 Å². The molecule has 0 radical (unpaired) electrons. The monoisotopic (exact) mass is 219 g/mol. The molecule has 0 heterocycles. The van der Waals surface area contributed by atoms with Crippen LogP contribution in [-0.2, 0) is 11.2 Å². The van der Waals surface area contributed by atoms with Crippen molar-refractivity contribution in [3.05, 3.63) is 34.9 Å². The summed E-state index contributed by atoms with van der Waals surface area (Å²) in [7, 11) is 0. The Bertz CT molecular complexity index is 358. The number of hydrogen-bond donors (Lipinski definition) is 1. The Balaban J connectivity index is 2.27. The smallest absolute Gasteiger partial charge is 0.131 e. The average Bonchev–Trinajstić information content (AvgIpc) is 2.22. The largest absolute Gasteiger partial charge is 0.316 e. The van der Waals surface area contributed by atoms with Crippen LogP contribution in [0.5, 0.6) is 0 Å². The fraction of sp³-hybridized carbons (Fsp3) is 0.500. The predicted octanol–water partition coefficient (Wildman–Crippen LogP) is 2.41. The Morgan fingerprint density at radius 1 is 1.19 bits per heavy atom. The zero-order valence-corrected chi connectivity index (χ0v) is 10.5. The van der Waals surface area contributed by atoms with Gasteiger partial charge in [0, 0.05) is 13.0 Å². The molecule has 16 heavy (non-hydrogen) atoms. The summed E-state index contributed by atoms with van der Waals surface area (Å²) < 4.78 is 0. The van der Waals surface area contributed by atoms with Gasteiger partial charge in [0.1, 0.15) is 5.78 Å². The van der Waals surface area contributed by atoms with Gasteiger partial charge in [-0.15, -0.1) is 0 Å². The highest BCUT2D eigenvalue weighted by atomic mass is 16.1. The normalized spacial score (nSPS) is 10.4. The number of rotatable bonds is 6. The summed E-state index contributed by atoms with van der Waals surface area (Å²) in [6.07, 6.45) is 1.66. The zero-order chi connectivity index (χ0) is 12.0. The van der Waals surface area contributed by atoms with Crippen LogP contribution in [-0.4, -0.2) is 18.9 Å². The lowest BCUT2D eigenvalue weighted by atomic mass is 10.0. The Hall–Kier alpha value is -1.15. The molecule has 0 aliphatic heterocycles. The van der Waals surface area contributed by atoms with Gasteiger partial charge in [0.2, 0.25) is 0 Å². The molecule has 0 spiro atoms. The van der Waals surface area contributed by atoms with E-state index < -0.39 is 0 Å². The number of Topliss-reactive ketones (excluding diaryl/α,β-unsaturated/α-hetero) is 1. The highest BCUT2D eigenvalue weighted by molar-refractivity contribution is 5.75. The molecular weight excluding hydrogens is 198 g/mol. The lowest BCUT2D eigenvalue weighted by Crippen LogP contribution is -2.20. The maximum atomic E-state index is 10.7. The number of hydrogen-bond acceptors (Lipinski definition) is 2. The molecule has 0 atom stereocenters. The second-order valence-electron chi connectivity index (χ2n) is 4.37. The van der Waals surface area contributed by atoms with Crippen LogP contribution >= 0.6 is 0 Å². The molecule has 0 saturated heterocycles. The van der Waals surface area contributed by atoms with E-state index in [0.29, 0.717) is 6.42 Å². The van der Waals surface area contributed by atoms with E-state index in [1.165, 1.54) is 16.7 Å². The van der Waals surface area contributed by atoms with E-state index in [9.17, 15) is 4.79 Å². The molecule has 0 amide bonds. The molecule has 1 rings (SSSR count). The molecule has 2 heteroatoms. The van der Waals surface area contributed by atoms with Crippen LogP contribution in [0.25, 0.3) is 0 Å². The summed E-state index contributed by atoms with van der Waals surface area (Å²) >= 11 is 0. The van der Waals surface area contributed by atoms with E-state index in [-0.39, 0.29) is 5.78 Å². The number of carbonyl (C=O) groups excluding carboxylic acids is 1. The first-order valence-electron chi connectivity index (χ1n) is 5.86. The third kappa shape index (κ3) is 4.58. The van der Waals surface area contributed by atoms with Crippen LogP contribution in [0.3, 0.4) is 0 Å². The van der Waals surface area contributed by atoms with Crippen LogP contribution in [0, 0.1) is 13.8 Å².